The van der Waals surface area contributed by atoms with Crippen LogP contribution < -0.4 is 10.1 Å². The fraction of sp³-hybridized carbons (Fsp3) is 0.294. The molecule has 1 aliphatic rings. The van der Waals surface area contributed by atoms with Gasteiger partial charge in [-0.15, -0.1) is 0 Å². The minimum atomic E-state index is 0.648. The fourth-order valence-corrected chi connectivity index (χ4v) is 2.90. The van der Waals surface area contributed by atoms with Crippen molar-refractivity contribution in [2.45, 2.75) is 25.4 Å². The maximum absolute atomic E-state index is 6.12. The molecule has 2 aromatic rings. The second kappa shape index (κ2) is 6.27. The first-order valence-corrected chi connectivity index (χ1v) is 7.78. The number of hydrogen-bond donors (Lipinski definition) is 1. The minimum absolute atomic E-state index is 0.648. The fourth-order valence-electron chi connectivity index (χ4n) is 2.38. The van der Waals surface area contributed by atoms with Crippen molar-refractivity contribution in [3.8, 4) is 16.9 Å². The molecule has 1 fully saturated rings. The van der Waals surface area contributed by atoms with Crippen LogP contribution in [0.25, 0.3) is 11.1 Å². The van der Waals surface area contributed by atoms with Crippen LogP contribution in [-0.2, 0) is 6.54 Å². The molecule has 1 N–H and O–H groups in total. The molecule has 4 heteroatoms. The predicted molar refractivity (Wildman–Crippen MR) is 88.3 cm³/mol. The normalized spacial score (nSPS) is 14.2. The Morgan fingerprint density at radius 2 is 1.81 bits per heavy atom. The zero-order chi connectivity index (χ0) is 14.8. The van der Waals surface area contributed by atoms with Crippen molar-refractivity contribution in [3.05, 3.63) is 52.0 Å². The third kappa shape index (κ3) is 3.70. The van der Waals surface area contributed by atoms with Crippen molar-refractivity contribution < 1.29 is 4.74 Å². The van der Waals surface area contributed by atoms with Gasteiger partial charge in [0.25, 0.3) is 0 Å². The average molecular weight is 322 g/mol. The van der Waals surface area contributed by atoms with Gasteiger partial charge in [0.1, 0.15) is 5.75 Å². The molecule has 0 bridgehead atoms. The highest BCUT2D eigenvalue weighted by Crippen LogP contribution is 2.32. The van der Waals surface area contributed by atoms with Crippen LogP contribution in [0.2, 0.25) is 10.0 Å². The first kappa shape index (κ1) is 14.7. The van der Waals surface area contributed by atoms with Gasteiger partial charge in [0.15, 0.2) is 0 Å². The Bertz CT molecular complexity index is 633. The molecule has 2 aromatic carbocycles. The molecule has 1 saturated carbocycles. The van der Waals surface area contributed by atoms with Crippen molar-refractivity contribution in [1.29, 1.82) is 0 Å². The molecule has 0 heterocycles. The van der Waals surface area contributed by atoms with Gasteiger partial charge in [-0.3, -0.25) is 0 Å². The highest BCUT2D eigenvalue weighted by atomic mass is 35.5. The molecule has 0 unspecified atom stereocenters. The SMILES string of the molecule is COc1ccc(-c2cc(Cl)cc(Cl)c2)c(CNC2CC2)c1. The lowest BCUT2D eigenvalue weighted by atomic mass is 9.99. The first-order chi connectivity index (χ1) is 10.2. The highest BCUT2D eigenvalue weighted by molar-refractivity contribution is 6.35. The molecule has 0 radical (unpaired) electrons. The lowest BCUT2D eigenvalue weighted by molar-refractivity contribution is 0.414. The lowest BCUT2D eigenvalue weighted by Gasteiger charge is -2.13. The summed E-state index contributed by atoms with van der Waals surface area (Å²) in [5.41, 5.74) is 3.36. The van der Waals surface area contributed by atoms with E-state index in [2.05, 4.69) is 17.4 Å². The number of halogens is 2. The van der Waals surface area contributed by atoms with Crippen molar-refractivity contribution in [1.82, 2.24) is 5.32 Å². The summed E-state index contributed by atoms with van der Waals surface area (Å²) in [4.78, 5) is 0. The number of methoxy groups -OCH3 is 1. The van der Waals surface area contributed by atoms with Gasteiger partial charge in [0, 0.05) is 22.6 Å². The first-order valence-electron chi connectivity index (χ1n) is 7.02. The monoisotopic (exact) mass is 321 g/mol. The van der Waals surface area contributed by atoms with Crippen LogP contribution in [0.4, 0.5) is 0 Å². The van der Waals surface area contributed by atoms with Gasteiger partial charge < -0.3 is 10.1 Å². The maximum Gasteiger partial charge on any atom is 0.119 e. The predicted octanol–water partition coefficient (Wildman–Crippen LogP) is 4.92. The number of ether oxygens (including phenoxy) is 1. The highest BCUT2D eigenvalue weighted by Gasteiger charge is 2.20. The van der Waals surface area contributed by atoms with Gasteiger partial charge in [-0.25, -0.2) is 0 Å². The molecule has 0 aliphatic heterocycles. The van der Waals surface area contributed by atoms with E-state index >= 15 is 0 Å². The molecule has 0 saturated heterocycles. The summed E-state index contributed by atoms with van der Waals surface area (Å²) in [5.74, 6) is 0.861. The van der Waals surface area contributed by atoms with E-state index in [1.165, 1.54) is 18.4 Å². The Kier molecular flexibility index (Phi) is 4.39. The molecule has 0 atom stereocenters. The van der Waals surface area contributed by atoms with E-state index in [9.17, 15) is 0 Å². The quantitative estimate of drug-likeness (QED) is 0.843. The molecule has 0 amide bonds. The van der Waals surface area contributed by atoms with Crippen molar-refractivity contribution in [3.63, 3.8) is 0 Å². The molecule has 0 spiro atoms. The summed E-state index contributed by atoms with van der Waals surface area (Å²) in [5, 5.41) is 4.84. The summed E-state index contributed by atoms with van der Waals surface area (Å²) in [6.45, 7) is 0.821. The van der Waals surface area contributed by atoms with E-state index in [4.69, 9.17) is 27.9 Å². The number of rotatable bonds is 5. The molecular formula is C17H17Cl2NO. The van der Waals surface area contributed by atoms with Crippen molar-refractivity contribution in [2.75, 3.05) is 7.11 Å². The molecule has 110 valence electrons. The van der Waals surface area contributed by atoms with Gasteiger partial charge in [-0.05, 0) is 59.9 Å². The van der Waals surface area contributed by atoms with E-state index < -0.39 is 0 Å². The topological polar surface area (TPSA) is 21.3 Å². The third-order valence-corrected chi connectivity index (χ3v) is 4.08. The average Bonchev–Trinajstić information content (AvgIpc) is 3.28. The number of nitrogens with one attached hydrogen (secondary N) is 1. The molecule has 0 aromatic heterocycles. The molecule has 2 nitrogen and oxygen atoms in total. The van der Waals surface area contributed by atoms with E-state index in [0.717, 1.165) is 23.4 Å². The zero-order valence-corrected chi connectivity index (χ0v) is 13.3. The van der Waals surface area contributed by atoms with Crippen LogP contribution in [0.5, 0.6) is 5.75 Å². The Hall–Kier alpha value is -1.22. The summed E-state index contributed by atoms with van der Waals surface area (Å²) >= 11 is 12.2. The van der Waals surface area contributed by atoms with Gasteiger partial charge in [-0.1, -0.05) is 29.3 Å². The minimum Gasteiger partial charge on any atom is -0.497 e. The molecule has 1 aliphatic carbocycles. The van der Waals surface area contributed by atoms with Crippen molar-refractivity contribution in [2.24, 2.45) is 0 Å². The summed E-state index contributed by atoms with van der Waals surface area (Å²) in [6, 6.07) is 12.4. The van der Waals surface area contributed by atoms with Crippen LogP contribution in [0.15, 0.2) is 36.4 Å². The van der Waals surface area contributed by atoms with Crippen LogP contribution in [0.1, 0.15) is 18.4 Å². The Balaban J connectivity index is 1.98. The molecular weight excluding hydrogens is 305 g/mol. The van der Waals surface area contributed by atoms with Gasteiger partial charge in [0.05, 0.1) is 7.11 Å². The van der Waals surface area contributed by atoms with Gasteiger partial charge in [0.2, 0.25) is 0 Å². The summed E-state index contributed by atoms with van der Waals surface area (Å²) in [7, 11) is 1.68. The third-order valence-electron chi connectivity index (χ3n) is 3.64. The second-order valence-corrected chi connectivity index (χ2v) is 6.21. The largest absolute Gasteiger partial charge is 0.497 e. The lowest BCUT2D eigenvalue weighted by Crippen LogP contribution is -2.16. The van der Waals surface area contributed by atoms with Crippen LogP contribution >= 0.6 is 23.2 Å². The molecule has 3 rings (SSSR count). The van der Waals surface area contributed by atoms with Crippen LogP contribution in [-0.4, -0.2) is 13.2 Å². The van der Waals surface area contributed by atoms with E-state index in [1.807, 2.05) is 18.2 Å². The van der Waals surface area contributed by atoms with Gasteiger partial charge >= 0.3 is 0 Å². The van der Waals surface area contributed by atoms with Crippen LogP contribution in [0, 0.1) is 0 Å². The standard InChI is InChI=1S/C17H17Cl2NO/c1-21-16-4-5-17(11-6-13(18)9-14(19)7-11)12(8-16)10-20-15-2-3-15/h4-9,15,20H,2-3,10H2,1H3. The van der Waals surface area contributed by atoms with Crippen molar-refractivity contribution >= 4 is 23.2 Å². The van der Waals surface area contributed by atoms with Crippen LogP contribution in [0.3, 0.4) is 0 Å². The smallest absolute Gasteiger partial charge is 0.119 e. The zero-order valence-electron chi connectivity index (χ0n) is 11.8. The second-order valence-electron chi connectivity index (χ2n) is 5.34. The van der Waals surface area contributed by atoms with E-state index in [1.54, 1.807) is 13.2 Å². The Morgan fingerprint density at radius 3 is 2.43 bits per heavy atom. The molecule has 21 heavy (non-hydrogen) atoms. The Labute approximate surface area is 135 Å². The summed E-state index contributed by atoms with van der Waals surface area (Å²) < 4.78 is 5.34. The number of hydrogen-bond acceptors (Lipinski definition) is 2. The number of benzene rings is 2. The summed E-state index contributed by atoms with van der Waals surface area (Å²) in [6.07, 6.45) is 2.53. The van der Waals surface area contributed by atoms with E-state index in [-0.39, 0.29) is 0 Å². The van der Waals surface area contributed by atoms with Gasteiger partial charge in [-0.2, -0.15) is 0 Å². The Morgan fingerprint density at radius 1 is 1.10 bits per heavy atom. The maximum atomic E-state index is 6.12. The van der Waals surface area contributed by atoms with E-state index in [0.29, 0.717) is 16.1 Å².